The van der Waals surface area contributed by atoms with E-state index in [0.29, 0.717) is 17.1 Å². The van der Waals surface area contributed by atoms with Crippen LogP contribution in [0, 0.1) is 40.7 Å². The molecule has 1 saturated heterocycles. The molecular weight excluding hydrogens is 374 g/mol. The van der Waals surface area contributed by atoms with Crippen molar-refractivity contribution in [2.24, 2.45) is 28.8 Å². The predicted molar refractivity (Wildman–Crippen MR) is 103 cm³/mol. The highest BCUT2D eigenvalue weighted by Gasteiger charge is 2.59. The fourth-order valence-corrected chi connectivity index (χ4v) is 4.68. The highest BCUT2D eigenvalue weighted by atomic mass is 16.6. The van der Waals surface area contributed by atoms with Crippen LogP contribution in [0.4, 0.5) is 5.69 Å². The normalized spacial score (nSPS) is 27.4. The van der Waals surface area contributed by atoms with Gasteiger partial charge in [0.15, 0.2) is 0 Å². The van der Waals surface area contributed by atoms with Gasteiger partial charge < -0.3 is 4.42 Å². The molecule has 2 amide bonds. The first-order valence-electron chi connectivity index (χ1n) is 9.39. The van der Waals surface area contributed by atoms with Gasteiger partial charge in [0.2, 0.25) is 0 Å². The van der Waals surface area contributed by atoms with E-state index >= 15 is 0 Å². The first-order valence-corrected chi connectivity index (χ1v) is 9.39. The number of benzene rings is 1. The Morgan fingerprint density at radius 2 is 1.83 bits per heavy atom. The standard InChI is InChI=1S/C21H17N3O5/c1-11-2-6-15(16(8-11)24(27)28)17-7-5-14(29-17)10-22-23-20(25)18-12-3-4-13(9-12)19(18)21(23)26/h2-8,10,12-13,18-19H,9H2,1H3/b22-10-/t12-,13-,18+,19+/m0/s1. The number of aryl methyl sites for hydroxylation is 1. The molecule has 2 aromatic rings. The summed E-state index contributed by atoms with van der Waals surface area (Å²) in [5.41, 5.74) is 1.07. The Morgan fingerprint density at radius 3 is 2.48 bits per heavy atom. The molecule has 2 heterocycles. The third-order valence-corrected chi connectivity index (χ3v) is 5.99. The number of carbonyl (C=O) groups is 2. The van der Waals surface area contributed by atoms with Gasteiger partial charge in [-0.05, 0) is 48.9 Å². The fourth-order valence-electron chi connectivity index (χ4n) is 4.68. The first kappa shape index (κ1) is 17.5. The smallest absolute Gasteiger partial charge is 0.280 e. The Labute approximate surface area is 165 Å². The zero-order valence-corrected chi connectivity index (χ0v) is 15.5. The molecular formula is C21H17N3O5. The Kier molecular flexibility index (Phi) is 3.77. The SMILES string of the molecule is Cc1ccc(-c2ccc(/C=N\N3C(=O)[C@H]4[C@H](C3=O)[C@H]3C=C[C@H]4C3)o2)c([N+](=O)[O-])c1. The number of fused-ring (bicyclic) bond motifs is 5. The number of rotatable bonds is 4. The van der Waals surface area contributed by atoms with E-state index in [1.54, 1.807) is 31.2 Å². The number of hydrogen-bond acceptors (Lipinski definition) is 6. The quantitative estimate of drug-likeness (QED) is 0.261. The number of nitro groups is 1. The lowest BCUT2D eigenvalue weighted by molar-refractivity contribution is -0.384. The molecule has 29 heavy (non-hydrogen) atoms. The topological polar surface area (TPSA) is 106 Å². The second kappa shape index (κ2) is 6.23. The van der Waals surface area contributed by atoms with Gasteiger partial charge in [0.25, 0.3) is 17.5 Å². The number of amides is 2. The molecule has 146 valence electrons. The van der Waals surface area contributed by atoms with Gasteiger partial charge in [0, 0.05) is 6.07 Å². The number of furan rings is 1. The molecule has 0 radical (unpaired) electrons. The van der Waals surface area contributed by atoms with Crippen LogP contribution in [0.5, 0.6) is 0 Å². The predicted octanol–water partition coefficient (Wildman–Crippen LogP) is 3.30. The minimum atomic E-state index is -0.457. The van der Waals surface area contributed by atoms with Gasteiger partial charge in [-0.25, -0.2) is 0 Å². The largest absolute Gasteiger partial charge is 0.455 e. The van der Waals surface area contributed by atoms with E-state index in [1.165, 1.54) is 12.3 Å². The number of imide groups is 1. The van der Waals surface area contributed by atoms with Crippen LogP contribution in [0.25, 0.3) is 11.3 Å². The minimum absolute atomic E-state index is 0.0523. The van der Waals surface area contributed by atoms with Crippen molar-refractivity contribution >= 4 is 23.7 Å². The number of hydrazone groups is 1. The van der Waals surface area contributed by atoms with Crippen molar-refractivity contribution in [2.45, 2.75) is 13.3 Å². The average Bonchev–Trinajstić information content (AvgIpc) is 3.46. The molecule has 2 aliphatic carbocycles. The molecule has 8 nitrogen and oxygen atoms in total. The van der Waals surface area contributed by atoms with Crippen molar-refractivity contribution in [1.82, 2.24) is 5.01 Å². The number of hydrogen-bond donors (Lipinski definition) is 0. The molecule has 2 bridgehead atoms. The molecule has 1 aliphatic heterocycles. The van der Waals surface area contributed by atoms with Crippen LogP contribution < -0.4 is 0 Å². The van der Waals surface area contributed by atoms with Gasteiger partial charge in [-0.15, -0.1) is 0 Å². The number of allylic oxidation sites excluding steroid dienone is 2. The van der Waals surface area contributed by atoms with Crippen LogP contribution in [-0.4, -0.2) is 28.0 Å². The monoisotopic (exact) mass is 391 g/mol. The number of nitro benzene ring substituents is 1. The molecule has 1 aromatic heterocycles. The Hall–Kier alpha value is -3.55. The molecule has 3 aliphatic rings. The molecule has 1 aromatic carbocycles. The average molecular weight is 391 g/mol. The summed E-state index contributed by atoms with van der Waals surface area (Å²) in [5, 5.41) is 16.3. The lowest BCUT2D eigenvalue weighted by Crippen LogP contribution is -2.28. The highest BCUT2D eigenvalue weighted by Crippen LogP contribution is 2.52. The van der Waals surface area contributed by atoms with Crippen molar-refractivity contribution in [3.63, 3.8) is 0 Å². The third kappa shape index (κ3) is 2.63. The summed E-state index contributed by atoms with van der Waals surface area (Å²) >= 11 is 0. The summed E-state index contributed by atoms with van der Waals surface area (Å²) in [6, 6.07) is 8.07. The van der Waals surface area contributed by atoms with Gasteiger partial charge in [0.05, 0.1) is 28.5 Å². The van der Waals surface area contributed by atoms with Gasteiger partial charge in [-0.3, -0.25) is 19.7 Å². The molecule has 0 spiro atoms. The van der Waals surface area contributed by atoms with Gasteiger partial charge in [0.1, 0.15) is 11.5 Å². The first-order chi connectivity index (χ1) is 13.9. The zero-order valence-electron chi connectivity index (χ0n) is 15.5. The van der Waals surface area contributed by atoms with E-state index in [1.807, 2.05) is 12.2 Å². The molecule has 1 saturated carbocycles. The molecule has 0 N–H and O–H groups in total. The van der Waals surface area contributed by atoms with Crippen molar-refractivity contribution in [1.29, 1.82) is 0 Å². The van der Waals surface area contributed by atoms with Crippen molar-refractivity contribution in [3.05, 3.63) is 63.9 Å². The lowest BCUT2D eigenvalue weighted by Gasteiger charge is -2.13. The van der Waals surface area contributed by atoms with E-state index in [4.69, 9.17) is 4.42 Å². The molecule has 5 rings (SSSR count). The summed E-state index contributed by atoms with van der Waals surface area (Å²) in [7, 11) is 0. The maximum atomic E-state index is 12.6. The van der Waals surface area contributed by atoms with Crippen LogP contribution in [0.3, 0.4) is 0 Å². The van der Waals surface area contributed by atoms with Gasteiger partial charge >= 0.3 is 0 Å². The number of carbonyl (C=O) groups excluding carboxylic acids is 2. The Bertz CT molecular complexity index is 1090. The highest BCUT2D eigenvalue weighted by molar-refractivity contribution is 6.06. The Balaban J connectivity index is 1.39. The number of nitrogens with zero attached hydrogens (tertiary/aromatic N) is 3. The molecule has 4 atom stereocenters. The minimum Gasteiger partial charge on any atom is -0.455 e. The Morgan fingerprint density at radius 1 is 1.14 bits per heavy atom. The van der Waals surface area contributed by atoms with E-state index in [-0.39, 0.29) is 41.2 Å². The molecule has 2 fully saturated rings. The maximum absolute atomic E-state index is 12.6. The fraction of sp³-hybridized carbons (Fsp3) is 0.286. The van der Waals surface area contributed by atoms with E-state index in [9.17, 15) is 19.7 Å². The van der Waals surface area contributed by atoms with E-state index < -0.39 is 4.92 Å². The second-order valence-electron chi connectivity index (χ2n) is 7.71. The molecule has 0 unspecified atom stereocenters. The van der Waals surface area contributed by atoms with Gasteiger partial charge in [-0.1, -0.05) is 18.2 Å². The zero-order chi connectivity index (χ0) is 20.3. The van der Waals surface area contributed by atoms with Crippen molar-refractivity contribution in [3.8, 4) is 11.3 Å². The summed E-state index contributed by atoms with van der Waals surface area (Å²) in [6.45, 7) is 1.78. The maximum Gasteiger partial charge on any atom is 0.280 e. The van der Waals surface area contributed by atoms with Crippen LogP contribution in [0.15, 0.2) is 52.0 Å². The molecule has 8 heteroatoms. The van der Waals surface area contributed by atoms with Crippen molar-refractivity contribution < 1.29 is 18.9 Å². The third-order valence-electron chi connectivity index (χ3n) is 5.99. The second-order valence-corrected chi connectivity index (χ2v) is 7.71. The summed E-state index contributed by atoms with van der Waals surface area (Å²) < 4.78 is 5.66. The van der Waals surface area contributed by atoms with E-state index in [2.05, 4.69) is 5.10 Å². The summed E-state index contributed by atoms with van der Waals surface area (Å²) in [4.78, 5) is 36.2. The van der Waals surface area contributed by atoms with E-state index in [0.717, 1.165) is 17.0 Å². The summed E-state index contributed by atoms with van der Waals surface area (Å²) in [6.07, 6.45) is 6.21. The van der Waals surface area contributed by atoms with Crippen LogP contribution in [0.1, 0.15) is 17.7 Å². The summed E-state index contributed by atoms with van der Waals surface area (Å²) in [5.74, 6) is -0.292. The van der Waals surface area contributed by atoms with Crippen LogP contribution in [-0.2, 0) is 9.59 Å². The van der Waals surface area contributed by atoms with Crippen molar-refractivity contribution in [2.75, 3.05) is 0 Å². The van der Waals surface area contributed by atoms with Crippen LogP contribution in [0.2, 0.25) is 0 Å². The lowest BCUT2D eigenvalue weighted by atomic mass is 9.85. The van der Waals surface area contributed by atoms with Gasteiger partial charge in [-0.2, -0.15) is 10.1 Å². The van der Waals surface area contributed by atoms with Crippen LogP contribution >= 0.6 is 0 Å².